The van der Waals surface area contributed by atoms with Crippen LogP contribution in [-0.2, 0) is 4.79 Å². The van der Waals surface area contributed by atoms with E-state index in [0.29, 0.717) is 0 Å². The van der Waals surface area contributed by atoms with Crippen molar-refractivity contribution in [1.29, 1.82) is 0 Å². The van der Waals surface area contributed by atoms with E-state index in [-0.39, 0.29) is 11.9 Å². The minimum absolute atomic E-state index is 0.00685. The summed E-state index contributed by atoms with van der Waals surface area (Å²) < 4.78 is 1.66. The van der Waals surface area contributed by atoms with Crippen molar-refractivity contribution in [2.45, 2.75) is 12.5 Å². The topological polar surface area (TPSA) is 46.1 Å². The molecule has 4 nitrogen and oxygen atoms in total. The average molecular weight is 165 g/mol. The summed E-state index contributed by atoms with van der Waals surface area (Å²) >= 11 is 0. The third-order valence-corrected chi connectivity index (χ3v) is 1.98. The van der Waals surface area contributed by atoms with Gasteiger partial charge in [0.05, 0.1) is 6.04 Å². The number of nitrogens with one attached hydrogen (secondary N) is 2. The zero-order valence-electron chi connectivity index (χ0n) is 6.66. The van der Waals surface area contributed by atoms with Crippen molar-refractivity contribution in [1.82, 2.24) is 9.99 Å². The standard InChI is InChI=1S/C8H11N3O/c12-8(7-3-4-9-7)10-11-5-1-2-6-11/h1-2,5-7,9H,3-4H2,(H,10,12). The van der Waals surface area contributed by atoms with Crippen LogP contribution in [0.2, 0.25) is 0 Å². The normalized spacial score (nSPS) is 21.5. The zero-order valence-corrected chi connectivity index (χ0v) is 6.66. The van der Waals surface area contributed by atoms with Gasteiger partial charge in [0.15, 0.2) is 0 Å². The number of amides is 1. The van der Waals surface area contributed by atoms with Gasteiger partial charge in [-0.15, -0.1) is 0 Å². The highest BCUT2D eigenvalue weighted by Crippen LogP contribution is 2.01. The van der Waals surface area contributed by atoms with Gasteiger partial charge in [-0.25, -0.2) is 0 Å². The van der Waals surface area contributed by atoms with Crippen molar-refractivity contribution in [2.24, 2.45) is 0 Å². The van der Waals surface area contributed by atoms with Crippen LogP contribution in [0.5, 0.6) is 0 Å². The van der Waals surface area contributed by atoms with Crippen LogP contribution in [0.15, 0.2) is 24.5 Å². The predicted molar refractivity (Wildman–Crippen MR) is 45.2 cm³/mol. The molecule has 0 aromatic carbocycles. The Labute approximate surface area is 70.5 Å². The van der Waals surface area contributed by atoms with E-state index >= 15 is 0 Å². The van der Waals surface area contributed by atoms with Gasteiger partial charge >= 0.3 is 0 Å². The second kappa shape index (κ2) is 2.98. The maximum absolute atomic E-state index is 11.3. The van der Waals surface area contributed by atoms with Crippen LogP contribution in [0.25, 0.3) is 0 Å². The molecule has 12 heavy (non-hydrogen) atoms. The minimum atomic E-state index is 0.00685. The first-order chi connectivity index (χ1) is 5.86. The number of aromatic nitrogens is 1. The third kappa shape index (κ3) is 1.33. The van der Waals surface area contributed by atoms with E-state index in [0.717, 1.165) is 13.0 Å². The summed E-state index contributed by atoms with van der Waals surface area (Å²) in [6.45, 7) is 0.948. The summed E-state index contributed by atoms with van der Waals surface area (Å²) in [7, 11) is 0. The minimum Gasteiger partial charge on any atom is -0.306 e. The first-order valence-electron chi connectivity index (χ1n) is 4.03. The van der Waals surface area contributed by atoms with Gasteiger partial charge in [-0.3, -0.25) is 14.9 Å². The average Bonchev–Trinajstić information content (AvgIpc) is 2.34. The van der Waals surface area contributed by atoms with Gasteiger partial charge in [0.2, 0.25) is 0 Å². The highest BCUT2D eigenvalue weighted by atomic mass is 16.2. The first kappa shape index (κ1) is 7.36. The Balaban J connectivity index is 1.90. The van der Waals surface area contributed by atoms with Crippen LogP contribution in [0.1, 0.15) is 6.42 Å². The number of carbonyl (C=O) groups is 1. The molecule has 64 valence electrons. The molecule has 1 aromatic heterocycles. The molecule has 2 rings (SSSR count). The summed E-state index contributed by atoms with van der Waals surface area (Å²) in [4.78, 5) is 11.3. The van der Waals surface area contributed by atoms with Crippen molar-refractivity contribution < 1.29 is 4.79 Å². The SMILES string of the molecule is O=C(Nn1cccc1)C1CCN1. The molecular formula is C8H11N3O. The predicted octanol–water partition coefficient (Wildman–Crippen LogP) is -0.0799. The number of hydrogen-bond acceptors (Lipinski definition) is 2. The molecule has 0 saturated carbocycles. The molecule has 1 atom stereocenters. The second-order valence-corrected chi connectivity index (χ2v) is 2.86. The Kier molecular flexibility index (Phi) is 1.83. The monoisotopic (exact) mass is 165 g/mol. The molecule has 2 N–H and O–H groups in total. The highest BCUT2D eigenvalue weighted by molar-refractivity contribution is 5.89. The summed E-state index contributed by atoms with van der Waals surface area (Å²) in [5, 5.41) is 3.03. The number of hydrogen-bond donors (Lipinski definition) is 2. The fourth-order valence-corrected chi connectivity index (χ4v) is 1.13. The molecule has 1 saturated heterocycles. The molecular weight excluding hydrogens is 154 g/mol. The number of nitrogens with zero attached hydrogens (tertiary/aromatic N) is 1. The quantitative estimate of drug-likeness (QED) is 0.644. The summed E-state index contributed by atoms with van der Waals surface area (Å²) in [6, 6.07) is 3.75. The maximum atomic E-state index is 11.3. The molecule has 0 spiro atoms. The number of carbonyl (C=O) groups excluding carboxylic acids is 1. The molecule has 0 radical (unpaired) electrons. The van der Waals surface area contributed by atoms with E-state index in [9.17, 15) is 4.79 Å². The Bertz CT molecular complexity index is 264. The molecule has 1 aliphatic rings. The van der Waals surface area contributed by atoms with E-state index < -0.39 is 0 Å². The van der Waals surface area contributed by atoms with Gasteiger partial charge in [-0.1, -0.05) is 0 Å². The molecule has 1 amide bonds. The second-order valence-electron chi connectivity index (χ2n) is 2.86. The molecule has 1 fully saturated rings. The highest BCUT2D eigenvalue weighted by Gasteiger charge is 2.24. The van der Waals surface area contributed by atoms with Crippen molar-refractivity contribution in [3.8, 4) is 0 Å². The maximum Gasteiger partial charge on any atom is 0.255 e. The fraction of sp³-hybridized carbons (Fsp3) is 0.375. The molecule has 1 aliphatic heterocycles. The lowest BCUT2D eigenvalue weighted by Crippen LogP contribution is -2.52. The van der Waals surface area contributed by atoms with Crippen LogP contribution in [0, 0.1) is 0 Å². The largest absolute Gasteiger partial charge is 0.306 e. The third-order valence-electron chi connectivity index (χ3n) is 1.98. The van der Waals surface area contributed by atoms with Crippen LogP contribution in [0.4, 0.5) is 0 Å². The molecule has 2 heterocycles. The lowest BCUT2D eigenvalue weighted by molar-refractivity contribution is -0.120. The van der Waals surface area contributed by atoms with Gasteiger partial charge in [-0.2, -0.15) is 0 Å². The summed E-state index contributed by atoms with van der Waals surface area (Å²) in [5.41, 5.74) is 2.74. The first-order valence-corrected chi connectivity index (χ1v) is 4.03. The van der Waals surface area contributed by atoms with Crippen LogP contribution >= 0.6 is 0 Å². The molecule has 4 heteroatoms. The van der Waals surface area contributed by atoms with Crippen LogP contribution in [-0.4, -0.2) is 23.2 Å². The number of rotatable bonds is 2. The van der Waals surface area contributed by atoms with E-state index in [4.69, 9.17) is 0 Å². The van der Waals surface area contributed by atoms with Crippen molar-refractivity contribution in [2.75, 3.05) is 12.0 Å². The molecule has 0 bridgehead atoms. The Morgan fingerprint density at radius 3 is 2.67 bits per heavy atom. The smallest absolute Gasteiger partial charge is 0.255 e. The van der Waals surface area contributed by atoms with Crippen LogP contribution in [0.3, 0.4) is 0 Å². The van der Waals surface area contributed by atoms with E-state index in [1.807, 2.05) is 12.1 Å². The van der Waals surface area contributed by atoms with Crippen LogP contribution < -0.4 is 10.7 Å². The summed E-state index contributed by atoms with van der Waals surface area (Å²) in [5.74, 6) is 0.0393. The lowest BCUT2D eigenvalue weighted by atomic mass is 10.1. The van der Waals surface area contributed by atoms with Gasteiger partial charge in [0.1, 0.15) is 0 Å². The molecule has 0 aliphatic carbocycles. The lowest BCUT2D eigenvalue weighted by Gasteiger charge is -2.26. The van der Waals surface area contributed by atoms with E-state index in [2.05, 4.69) is 10.7 Å². The van der Waals surface area contributed by atoms with E-state index in [1.54, 1.807) is 17.1 Å². The van der Waals surface area contributed by atoms with Gasteiger partial charge in [0.25, 0.3) is 5.91 Å². The molecule has 1 aromatic rings. The fourth-order valence-electron chi connectivity index (χ4n) is 1.13. The van der Waals surface area contributed by atoms with Crippen molar-refractivity contribution in [3.63, 3.8) is 0 Å². The molecule has 1 unspecified atom stereocenters. The summed E-state index contributed by atoms with van der Waals surface area (Å²) in [6.07, 6.45) is 4.54. The Hall–Kier alpha value is -1.29. The van der Waals surface area contributed by atoms with Gasteiger partial charge in [0, 0.05) is 12.4 Å². The van der Waals surface area contributed by atoms with Gasteiger partial charge < -0.3 is 5.32 Å². The van der Waals surface area contributed by atoms with Crippen molar-refractivity contribution >= 4 is 5.91 Å². The zero-order chi connectivity index (χ0) is 8.39. The van der Waals surface area contributed by atoms with Crippen molar-refractivity contribution in [3.05, 3.63) is 24.5 Å². The van der Waals surface area contributed by atoms with E-state index in [1.165, 1.54) is 0 Å². The Morgan fingerprint density at radius 1 is 1.50 bits per heavy atom. The van der Waals surface area contributed by atoms with Gasteiger partial charge in [-0.05, 0) is 25.1 Å². The Morgan fingerprint density at radius 2 is 2.17 bits per heavy atom.